The molecule has 2 aromatic carbocycles. The molecule has 0 aliphatic carbocycles. The minimum absolute atomic E-state index is 0.0199. The Balaban J connectivity index is 1.98. The molecule has 150 valence electrons. The van der Waals surface area contributed by atoms with Crippen LogP contribution in [0.5, 0.6) is 5.75 Å². The Hall–Kier alpha value is -3.38. The monoisotopic (exact) mass is 392 g/mol. The summed E-state index contributed by atoms with van der Waals surface area (Å²) in [6.07, 6.45) is 3.01. The van der Waals surface area contributed by atoms with Crippen LogP contribution in [0.15, 0.2) is 72.0 Å². The van der Waals surface area contributed by atoms with Crippen molar-refractivity contribution in [2.75, 3.05) is 27.2 Å². The minimum atomic E-state index is -0.762. The fourth-order valence-corrected chi connectivity index (χ4v) is 3.31. The van der Waals surface area contributed by atoms with E-state index in [1.54, 1.807) is 18.2 Å². The Bertz CT molecular complexity index is 964. The lowest BCUT2D eigenvalue weighted by Crippen LogP contribution is -2.36. The minimum Gasteiger partial charge on any atom is -0.508 e. The normalized spacial score (nSPS) is 17.0. The number of allylic oxidation sites excluding steroid dienone is 1. The van der Waals surface area contributed by atoms with Crippen molar-refractivity contribution in [2.45, 2.75) is 6.04 Å². The van der Waals surface area contributed by atoms with Crippen molar-refractivity contribution in [3.05, 3.63) is 83.1 Å². The molecule has 1 heterocycles. The molecule has 1 unspecified atom stereocenters. The summed E-state index contributed by atoms with van der Waals surface area (Å²) in [5.74, 6) is -1.54. The molecule has 3 rings (SSSR count). The number of aliphatic hydroxyl groups is 1. The van der Waals surface area contributed by atoms with Gasteiger partial charge in [-0.15, -0.1) is 0 Å². The van der Waals surface area contributed by atoms with E-state index in [0.29, 0.717) is 18.7 Å². The molecule has 29 heavy (non-hydrogen) atoms. The molecule has 0 saturated heterocycles. The Kier molecular flexibility index (Phi) is 6.14. The molecule has 0 aromatic heterocycles. The van der Waals surface area contributed by atoms with Crippen LogP contribution in [-0.4, -0.2) is 58.9 Å². The fraction of sp³-hybridized carbons (Fsp3) is 0.217. The number of ketones is 1. The summed E-state index contributed by atoms with van der Waals surface area (Å²) in [7, 11) is 3.76. The van der Waals surface area contributed by atoms with Gasteiger partial charge in [-0.1, -0.05) is 48.5 Å². The van der Waals surface area contributed by atoms with Gasteiger partial charge in [-0.2, -0.15) is 0 Å². The number of rotatable bonds is 7. The van der Waals surface area contributed by atoms with Gasteiger partial charge in [-0.05, 0) is 43.4 Å². The van der Waals surface area contributed by atoms with Crippen LogP contribution in [-0.2, 0) is 9.59 Å². The number of aromatic hydroxyl groups is 1. The van der Waals surface area contributed by atoms with Crippen LogP contribution < -0.4 is 0 Å². The van der Waals surface area contributed by atoms with Gasteiger partial charge in [0, 0.05) is 13.1 Å². The zero-order valence-electron chi connectivity index (χ0n) is 16.4. The van der Waals surface area contributed by atoms with Crippen LogP contribution in [0, 0.1) is 0 Å². The molecule has 1 atom stereocenters. The lowest BCUT2D eigenvalue weighted by molar-refractivity contribution is -0.129. The Morgan fingerprint density at radius 1 is 1.10 bits per heavy atom. The molecule has 0 bridgehead atoms. The van der Waals surface area contributed by atoms with Gasteiger partial charge in [-0.3, -0.25) is 9.59 Å². The van der Waals surface area contributed by atoms with Crippen LogP contribution in [0.3, 0.4) is 0 Å². The van der Waals surface area contributed by atoms with Crippen LogP contribution in [0.25, 0.3) is 6.08 Å². The summed E-state index contributed by atoms with van der Waals surface area (Å²) in [6, 6.07) is 15.0. The molecule has 0 saturated carbocycles. The number of phenols is 1. The molecule has 0 spiro atoms. The summed E-state index contributed by atoms with van der Waals surface area (Å²) in [4.78, 5) is 29.1. The quantitative estimate of drug-likeness (QED) is 0.708. The van der Waals surface area contributed by atoms with Crippen molar-refractivity contribution in [1.82, 2.24) is 9.80 Å². The van der Waals surface area contributed by atoms with Crippen molar-refractivity contribution in [2.24, 2.45) is 0 Å². The molecular weight excluding hydrogens is 368 g/mol. The smallest absolute Gasteiger partial charge is 0.290 e. The number of amides is 1. The van der Waals surface area contributed by atoms with Crippen molar-refractivity contribution in [3.63, 3.8) is 0 Å². The standard InChI is InChI=1S/C23H24N2O4/c1-24(2)13-14-25-21(17-9-6-10-18(26)15-17)20(22(28)23(25)29)19(27)12-11-16-7-4-3-5-8-16/h3-12,15,21,26,28H,13-14H2,1-2H3. The second-order valence-electron chi connectivity index (χ2n) is 7.17. The van der Waals surface area contributed by atoms with Crippen molar-refractivity contribution in [1.29, 1.82) is 0 Å². The van der Waals surface area contributed by atoms with E-state index >= 15 is 0 Å². The van der Waals surface area contributed by atoms with Gasteiger partial charge in [-0.25, -0.2) is 0 Å². The first-order chi connectivity index (χ1) is 13.9. The Labute approximate surface area is 170 Å². The van der Waals surface area contributed by atoms with E-state index in [-0.39, 0.29) is 11.3 Å². The van der Waals surface area contributed by atoms with Crippen LogP contribution in [0.2, 0.25) is 0 Å². The molecule has 6 nitrogen and oxygen atoms in total. The predicted molar refractivity (Wildman–Crippen MR) is 111 cm³/mol. The number of hydrogen-bond donors (Lipinski definition) is 2. The molecule has 1 amide bonds. The predicted octanol–water partition coefficient (Wildman–Crippen LogP) is 2.93. The van der Waals surface area contributed by atoms with E-state index in [0.717, 1.165) is 5.56 Å². The van der Waals surface area contributed by atoms with E-state index < -0.39 is 23.5 Å². The van der Waals surface area contributed by atoms with E-state index in [4.69, 9.17) is 0 Å². The highest BCUT2D eigenvalue weighted by Crippen LogP contribution is 2.38. The molecule has 0 fully saturated rings. The van der Waals surface area contributed by atoms with Crippen LogP contribution >= 0.6 is 0 Å². The zero-order valence-corrected chi connectivity index (χ0v) is 16.4. The zero-order chi connectivity index (χ0) is 21.0. The van der Waals surface area contributed by atoms with Crippen molar-refractivity contribution < 1.29 is 19.8 Å². The van der Waals surface area contributed by atoms with Gasteiger partial charge in [0.25, 0.3) is 5.91 Å². The number of phenolic OH excluding ortho intramolecular Hbond substituents is 1. The van der Waals surface area contributed by atoms with Gasteiger partial charge in [0.1, 0.15) is 5.75 Å². The number of carbonyl (C=O) groups excluding carboxylic acids is 2. The number of likely N-dealkylation sites (N-methyl/N-ethyl adjacent to an activating group) is 1. The van der Waals surface area contributed by atoms with E-state index in [9.17, 15) is 19.8 Å². The Morgan fingerprint density at radius 2 is 1.83 bits per heavy atom. The highest BCUT2D eigenvalue weighted by molar-refractivity contribution is 6.14. The summed E-state index contributed by atoms with van der Waals surface area (Å²) in [5, 5.41) is 20.4. The number of carbonyl (C=O) groups is 2. The first-order valence-corrected chi connectivity index (χ1v) is 9.33. The average Bonchev–Trinajstić information content (AvgIpc) is 2.96. The SMILES string of the molecule is CN(C)CCN1C(=O)C(O)=C(C(=O)C=Cc2ccccc2)C1c1cccc(O)c1. The van der Waals surface area contributed by atoms with E-state index in [1.807, 2.05) is 49.3 Å². The van der Waals surface area contributed by atoms with E-state index in [2.05, 4.69) is 0 Å². The molecular formula is C23H24N2O4. The van der Waals surface area contributed by atoms with Gasteiger partial charge < -0.3 is 20.0 Å². The third-order valence-corrected chi connectivity index (χ3v) is 4.77. The van der Waals surface area contributed by atoms with Gasteiger partial charge in [0.15, 0.2) is 11.5 Å². The van der Waals surface area contributed by atoms with Crippen LogP contribution in [0.1, 0.15) is 17.2 Å². The fourth-order valence-electron chi connectivity index (χ4n) is 3.31. The summed E-state index contributed by atoms with van der Waals surface area (Å²) in [6.45, 7) is 0.894. The van der Waals surface area contributed by atoms with Crippen molar-refractivity contribution in [3.8, 4) is 5.75 Å². The third kappa shape index (κ3) is 4.55. The van der Waals surface area contributed by atoms with E-state index in [1.165, 1.54) is 23.1 Å². The van der Waals surface area contributed by atoms with Crippen LogP contribution in [0.4, 0.5) is 0 Å². The number of aliphatic hydroxyl groups excluding tert-OH is 1. The Morgan fingerprint density at radius 3 is 2.48 bits per heavy atom. The molecule has 0 radical (unpaired) electrons. The highest BCUT2D eigenvalue weighted by Gasteiger charge is 2.42. The molecule has 6 heteroatoms. The lowest BCUT2D eigenvalue weighted by Gasteiger charge is -2.27. The number of benzene rings is 2. The maximum atomic E-state index is 13.0. The third-order valence-electron chi connectivity index (χ3n) is 4.77. The number of hydrogen-bond acceptors (Lipinski definition) is 5. The second kappa shape index (κ2) is 8.75. The maximum Gasteiger partial charge on any atom is 0.290 e. The maximum absolute atomic E-state index is 13.0. The molecule has 2 aromatic rings. The second-order valence-corrected chi connectivity index (χ2v) is 7.17. The largest absolute Gasteiger partial charge is 0.508 e. The molecule has 1 aliphatic rings. The highest BCUT2D eigenvalue weighted by atomic mass is 16.3. The first-order valence-electron chi connectivity index (χ1n) is 9.33. The summed E-state index contributed by atoms with van der Waals surface area (Å²) in [5.41, 5.74) is 1.42. The molecule has 1 aliphatic heterocycles. The summed E-state index contributed by atoms with van der Waals surface area (Å²) >= 11 is 0. The number of nitrogens with zero attached hydrogens (tertiary/aromatic N) is 2. The van der Waals surface area contributed by atoms with Gasteiger partial charge in [0.2, 0.25) is 0 Å². The van der Waals surface area contributed by atoms with Gasteiger partial charge >= 0.3 is 0 Å². The first kappa shape index (κ1) is 20.4. The van der Waals surface area contributed by atoms with Gasteiger partial charge in [0.05, 0.1) is 11.6 Å². The topological polar surface area (TPSA) is 81.1 Å². The lowest BCUT2D eigenvalue weighted by atomic mass is 9.95. The molecule has 2 N–H and O–H groups in total. The summed E-state index contributed by atoms with van der Waals surface area (Å²) < 4.78 is 0. The van der Waals surface area contributed by atoms with Crippen molar-refractivity contribution >= 4 is 17.8 Å². The average molecular weight is 392 g/mol.